The number of hydrogen-bond donors (Lipinski definition) is 2. The summed E-state index contributed by atoms with van der Waals surface area (Å²) in [6.07, 6.45) is 1.97. The average Bonchev–Trinajstić information content (AvgIpc) is 3.04. The Hall–Kier alpha value is -3.88. The number of nitrogens with one attached hydrogen (secondary N) is 1. The van der Waals surface area contributed by atoms with E-state index >= 15 is 0 Å². The number of aromatic nitrogens is 1. The highest BCUT2D eigenvalue weighted by Gasteiger charge is 2.38. The zero-order chi connectivity index (χ0) is 30.2. The van der Waals surface area contributed by atoms with Gasteiger partial charge in [-0.2, -0.15) is 0 Å². The number of pyridine rings is 1. The lowest BCUT2D eigenvalue weighted by Crippen LogP contribution is -2.43. The molecule has 0 aliphatic carbocycles. The molecule has 1 amide bonds. The first-order chi connectivity index (χ1) is 20.9. The number of aliphatic hydroxyl groups excluding tert-OH is 1. The number of nitrogens with zero attached hydrogens (tertiary/aromatic N) is 2. The molecule has 4 atom stereocenters. The van der Waals surface area contributed by atoms with Crippen molar-refractivity contribution in [3.8, 4) is 11.1 Å². The second kappa shape index (κ2) is 14.5. The van der Waals surface area contributed by atoms with Gasteiger partial charge in [0.05, 0.1) is 18.8 Å². The predicted octanol–water partition coefficient (Wildman–Crippen LogP) is 5.84. The normalized spacial score (nSPS) is 20.2. The summed E-state index contributed by atoms with van der Waals surface area (Å²) in [6.45, 7) is 5.87. The minimum Gasteiger partial charge on any atom is -0.392 e. The van der Waals surface area contributed by atoms with Gasteiger partial charge in [-0.05, 0) is 53.1 Å². The number of rotatable bonds is 11. The minimum absolute atomic E-state index is 0.0132. The van der Waals surface area contributed by atoms with Gasteiger partial charge in [-0.1, -0.05) is 79.7 Å². The van der Waals surface area contributed by atoms with E-state index in [9.17, 15) is 9.90 Å². The molecule has 3 aromatic carbocycles. The van der Waals surface area contributed by atoms with E-state index in [4.69, 9.17) is 9.47 Å². The Morgan fingerprint density at radius 1 is 0.907 bits per heavy atom. The van der Waals surface area contributed by atoms with Crippen LogP contribution in [0.2, 0.25) is 0 Å². The second-order valence-electron chi connectivity index (χ2n) is 11.4. The van der Waals surface area contributed by atoms with Crippen molar-refractivity contribution in [3.05, 3.63) is 125 Å². The topological polar surface area (TPSA) is 83.9 Å². The number of carbonyl (C=O) groups excluding carboxylic acids is 1. The molecule has 4 unspecified atom stereocenters. The number of hydrogen-bond acceptors (Lipinski definition) is 6. The van der Waals surface area contributed by atoms with Gasteiger partial charge in [-0.25, -0.2) is 0 Å². The minimum atomic E-state index is -0.520. The molecule has 7 heteroatoms. The van der Waals surface area contributed by atoms with Gasteiger partial charge in [0, 0.05) is 56.4 Å². The molecule has 7 nitrogen and oxygen atoms in total. The highest BCUT2D eigenvalue weighted by Crippen LogP contribution is 2.42. The molecule has 0 radical (unpaired) electrons. The van der Waals surface area contributed by atoms with Gasteiger partial charge in [-0.3, -0.25) is 9.78 Å². The number of carbonyl (C=O) groups is 1. The molecular weight excluding hydrogens is 538 g/mol. The van der Waals surface area contributed by atoms with Crippen molar-refractivity contribution in [3.63, 3.8) is 0 Å². The lowest BCUT2D eigenvalue weighted by molar-refractivity contribution is -0.275. The predicted molar refractivity (Wildman–Crippen MR) is 168 cm³/mol. The van der Waals surface area contributed by atoms with Crippen molar-refractivity contribution < 1.29 is 19.4 Å². The van der Waals surface area contributed by atoms with Crippen LogP contribution in [0.5, 0.6) is 0 Å². The number of amides is 1. The zero-order valence-corrected chi connectivity index (χ0v) is 25.1. The van der Waals surface area contributed by atoms with Crippen LogP contribution in [0.1, 0.15) is 54.2 Å². The first-order valence-corrected chi connectivity index (χ1v) is 14.9. The van der Waals surface area contributed by atoms with Crippen LogP contribution in [0.3, 0.4) is 0 Å². The van der Waals surface area contributed by atoms with E-state index < -0.39 is 6.29 Å². The van der Waals surface area contributed by atoms with Crippen molar-refractivity contribution >= 4 is 5.91 Å². The molecule has 1 aliphatic rings. The van der Waals surface area contributed by atoms with Crippen molar-refractivity contribution in [1.29, 1.82) is 0 Å². The van der Waals surface area contributed by atoms with Gasteiger partial charge in [-0.15, -0.1) is 0 Å². The molecule has 2 N–H and O–H groups in total. The largest absolute Gasteiger partial charge is 0.392 e. The summed E-state index contributed by atoms with van der Waals surface area (Å²) < 4.78 is 13.3. The summed E-state index contributed by atoms with van der Waals surface area (Å²) in [5, 5.41) is 12.4. The van der Waals surface area contributed by atoms with Gasteiger partial charge < -0.3 is 24.8 Å². The molecule has 0 saturated carbocycles. The molecular formula is C36H41N3O4. The number of benzene rings is 3. The third-order valence-corrected chi connectivity index (χ3v) is 8.08. The van der Waals surface area contributed by atoms with E-state index in [0.717, 1.165) is 58.6 Å². The quantitative estimate of drug-likeness (QED) is 0.232. The Labute approximate surface area is 254 Å². The van der Waals surface area contributed by atoms with Crippen LogP contribution in [0.4, 0.5) is 0 Å². The Bertz CT molecular complexity index is 1460. The van der Waals surface area contributed by atoms with Crippen molar-refractivity contribution in [1.82, 2.24) is 15.2 Å². The molecule has 43 heavy (non-hydrogen) atoms. The molecule has 1 fully saturated rings. The van der Waals surface area contributed by atoms with E-state index in [1.165, 1.54) is 6.92 Å². The third kappa shape index (κ3) is 8.15. The zero-order valence-electron chi connectivity index (χ0n) is 25.1. The van der Waals surface area contributed by atoms with E-state index in [1.807, 2.05) is 54.7 Å². The summed E-state index contributed by atoms with van der Waals surface area (Å²) in [6, 6.07) is 30.6. The molecule has 2 heterocycles. The number of aliphatic hydroxyl groups is 1. The maximum Gasteiger partial charge on any atom is 0.217 e. The number of ether oxygens (including phenoxy) is 2. The fourth-order valence-corrected chi connectivity index (χ4v) is 5.50. The van der Waals surface area contributed by atoms with Crippen LogP contribution in [0.25, 0.3) is 11.1 Å². The summed E-state index contributed by atoms with van der Waals surface area (Å²) in [7, 11) is 2.13. The fraction of sp³-hybridized carbons (Fsp3) is 0.333. The maximum absolute atomic E-state index is 11.3. The Morgan fingerprint density at radius 3 is 2.37 bits per heavy atom. The van der Waals surface area contributed by atoms with Gasteiger partial charge in [0.25, 0.3) is 0 Å². The highest BCUT2D eigenvalue weighted by atomic mass is 16.7. The SMILES string of the molecule is CC(=O)NCc1cccc(-c2ccc(C3OC(CN(C)CCc4ccccn4)C(C)C(c4ccc(CO)cc4)O3)cc2)c1. The van der Waals surface area contributed by atoms with Crippen LogP contribution in [0, 0.1) is 5.92 Å². The van der Waals surface area contributed by atoms with Crippen molar-refractivity contribution in [2.75, 3.05) is 20.1 Å². The highest BCUT2D eigenvalue weighted by molar-refractivity contribution is 5.73. The van der Waals surface area contributed by atoms with Gasteiger partial charge >= 0.3 is 0 Å². The summed E-state index contributed by atoms with van der Waals surface area (Å²) in [4.78, 5) is 18.1. The Morgan fingerprint density at radius 2 is 1.67 bits per heavy atom. The smallest absolute Gasteiger partial charge is 0.217 e. The monoisotopic (exact) mass is 579 g/mol. The van der Waals surface area contributed by atoms with E-state index in [-0.39, 0.29) is 30.6 Å². The van der Waals surface area contributed by atoms with E-state index in [1.54, 1.807) is 0 Å². The van der Waals surface area contributed by atoms with Crippen LogP contribution in [-0.4, -0.2) is 47.1 Å². The Kier molecular flexibility index (Phi) is 10.3. The van der Waals surface area contributed by atoms with Crippen LogP contribution in [0.15, 0.2) is 97.2 Å². The molecule has 5 rings (SSSR count). The first kappa shape index (κ1) is 30.6. The van der Waals surface area contributed by atoms with E-state index in [2.05, 4.69) is 71.6 Å². The maximum atomic E-state index is 11.3. The van der Waals surface area contributed by atoms with E-state index in [0.29, 0.717) is 6.54 Å². The summed E-state index contributed by atoms with van der Waals surface area (Å²) in [5.41, 5.74) is 7.21. The Balaban J connectivity index is 1.33. The van der Waals surface area contributed by atoms with Crippen molar-refractivity contribution in [2.45, 2.75) is 51.9 Å². The van der Waals surface area contributed by atoms with Crippen LogP contribution < -0.4 is 5.32 Å². The van der Waals surface area contributed by atoms with Gasteiger partial charge in [0.2, 0.25) is 5.91 Å². The second-order valence-corrected chi connectivity index (χ2v) is 11.4. The van der Waals surface area contributed by atoms with Crippen LogP contribution in [-0.2, 0) is 33.8 Å². The molecule has 1 saturated heterocycles. The van der Waals surface area contributed by atoms with Gasteiger partial charge in [0.15, 0.2) is 6.29 Å². The summed E-state index contributed by atoms with van der Waals surface area (Å²) in [5.74, 6) is 0.0658. The van der Waals surface area contributed by atoms with Crippen LogP contribution >= 0.6 is 0 Å². The van der Waals surface area contributed by atoms with Crippen molar-refractivity contribution in [2.24, 2.45) is 5.92 Å². The molecule has 0 bridgehead atoms. The molecule has 1 aromatic heterocycles. The molecule has 4 aromatic rings. The average molecular weight is 580 g/mol. The lowest BCUT2D eigenvalue weighted by atomic mass is 9.90. The lowest BCUT2D eigenvalue weighted by Gasteiger charge is -2.42. The summed E-state index contributed by atoms with van der Waals surface area (Å²) >= 11 is 0. The first-order valence-electron chi connectivity index (χ1n) is 14.9. The van der Waals surface area contributed by atoms with Gasteiger partial charge in [0.1, 0.15) is 0 Å². The number of likely N-dealkylation sites (N-methyl/N-ethyl adjacent to an activating group) is 1. The molecule has 1 aliphatic heterocycles. The molecule has 224 valence electrons. The standard InChI is InChI=1S/C36H41N3O4/c1-25-34(23-39(3)20-18-33-9-4-5-19-37-33)42-36(43-35(25)30-12-10-27(24-40)11-13-30)31-16-14-29(15-17-31)32-8-6-7-28(21-32)22-38-26(2)41/h4-17,19,21,25,34-36,40H,18,20,22-24H2,1-3H3,(H,38,41). The third-order valence-electron chi connectivity index (χ3n) is 8.08. The molecule has 0 spiro atoms. The fourth-order valence-electron chi connectivity index (χ4n) is 5.50.